The molecule has 5 nitrogen and oxygen atoms in total. The van der Waals surface area contributed by atoms with Crippen LogP contribution in [0.15, 0.2) is 0 Å². The lowest BCUT2D eigenvalue weighted by Crippen LogP contribution is -2.50. The first kappa shape index (κ1) is 15.3. The van der Waals surface area contributed by atoms with E-state index in [9.17, 15) is 4.79 Å². The lowest BCUT2D eigenvalue weighted by Gasteiger charge is -2.41. The van der Waals surface area contributed by atoms with Gasteiger partial charge in [0.05, 0.1) is 5.69 Å². The molecule has 0 spiro atoms. The Bertz CT molecular complexity index is 484. The number of carbonyl (C=O) groups excluding carboxylic acids is 1. The molecule has 1 aromatic rings. The van der Waals surface area contributed by atoms with Crippen LogP contribution in [0.2, 0.25) is 0 Å². The molecule has 1 aromatic heterocycles. The molecule has 20 heavy (non-hydrogen) atoms. The van der Waals surface area contributed by atoms with Gasteiger partial charge in [0.15, 0.2) is 5.13 Å². The molecule has 2 rings (SSSR count). The first-order valence-corrected chi connectivity index (χ1v) is 7.88. The normalized spacial score (nSPS) is 18.2. The Balaban J connectivity index is 1.90. The molecule has 0 saturated carbocycles. The van der Waals surface area contributed by atoms with Crippen LogP contribution in [0.5, 0.6) is 0 Å². The van der Waals surface area contributed by atoms with Crippen molar-refractivity contribution in [3.05, 3.63) is 10.6 Å². The van der Waals surface area contributed by atoms with Gasteiger partial charge in [-0.1, -0.05) is 11.3 Å². The van der Waals surface area contributed by atoms with E-state index >= 15 is 0 Å². The summed E-state index contributed by atoms with van der Waals surface area (Å²) in [5, 5.41) is 3.56. The van der Waals surface area contributed by atoms with Crippen LogP contribution in [-0.4, -0.2) is 40.5 Å². The Morgan fingerprint density at radius 2 is 2.00 bits per heavy atom. The molecule has 1 amide bonds. The van der Waals surface area contributed by atoms with E-state index in [1.165, 1.54) is 11.3 Å². The van der Waals surface area contributed by atoms with Gasteiger partial charge >= 0.3 is 0 Å². The van der Waals surface area contributed by atoms with Crippen molar-refractivity contribution < 1.29 is 4.79 Å². The minimum atomic E-state index is -0.0362. The minimum absolute atomic E-state index is 0.0362. The number of thiazole rings is 1. The van der Waals surface area contributed by atoms with Gasteiger partial charge in [-0.25, -0.2) is 4.98 Å². The number of nitrogens with two attached hydrogens (primary N) is 1. The standard InChI is InChI=1S/C14H24N4OS/c1-9-11(20-13(15)16-9)12(19)17-10-5-7-18(8-6-10)14(2,3)4/h10H,5-8H2,1-4H3,(H2,15,16)(H,17,19). The van der Waals surface area contributed by atoms with Crippen LogP contribution >= 0.6 is 11.3 Å². The molecule has 1 saturated heterocycles. The number of hydrogen-bond acceptors (Lipinski definition) is 5. The summed E-state index contributed by atoms with van der Waals surface area (Å²) < 4.78 is 0. The topological polar surface area (TPSA) is 71.2 Å². The molecule has 0 aromatic carbocycles. The summed E-state index contributed by atoms with van der Waals surface area (Å²) in [5.41, 5.74) is 6.56. The molecule has 1 aliphatic heterocycles. The first-order valence-electron chi connectivity index (χ1n) is 7.06. The number of nitrogens with zero attached hydrogens (tertiary/aromatic N) is 2. The average molecular weight is 296 g/mol. The Morgan fingerprint density at radius 1 is 1.40 bits per heavy atom. The van der Waals surface area contributed by atoms with Crippen molar-refractivity contribution in [1.29, 1.82) is 0 Å². The van der Waals surface area contributed by atoms with E-state index < -0.39 is 0 Å². The summed E-state index contributed by atoms with van der Waals surface area (Å²) in [6, 6.07) is 0.254. The van der Waals surface area contributed by atoms with Gasteiger partial charge in [-0.2, -0.15) is 0 Å². The maximum atomic E-state index is 12.2. The van der Waals surface area contributed by atoms with Crippen LogP contribution in [0, 0.1) is 6.92 Å². The number of anilines is 1. The lowest BCUT2D eigenvalue weighted by molar-refractivity contribution is 0.0815. The Kier molecular flexibility index (Phi) is 4.34. The Hall–Kier alpha value is -1.14. The third-order valence-corrected chi connectivity index (χ3v) is 4.78. The number of rotatable bonds is 2. The Morgan fingerprint density at radius 3 is 2.45 bits per heavy atom. The largest absolute Gasteiger partial charge is 0.375 e. The molecule has 0 unspecified atom stereocenters. The van der Waals surface area contributed by atoms with E-state index in [0.29, 0.717) is 10.0 Å². The number of hydrogen-bond donors (Lipinski definition) is 2. The van der Waals surface area contributed by atoms with Crippen LogP contribution in [-0.2, 0) is 0 Å². The molecule has 0 aliphatic carbocycles. The highest BCUT2D eigenvalue weighted by atomic mass is 32.1. The maximum Gasteiger partial charge on any atom is 0.263 e. The molecule has 1 fully saturated rings. The summed E-state index contributed by atoms with van der Waals surface area (Å²) in [7, 11) is 0. The van der Waals surface area contributed by atoms with E-state index in [1.54, 1.807) is 0 Å². The zero-order valence-electron chi connectivity index (χ0n) is 12.7. The summed E-state index contributed by atoms with van der Waals surface area (Å²) in [6.45, 7) is 10.6. The molecule has 6 heteroatoms. The molecule has 0 radical (unpaired) electrons. The van der Waals surface area contributed by atoms with Gasteiger partial charge in [0.1, 0.15) is 4.88 Å². The number of piperidine rings is 1. The van der Waals surface area contributed by atoms with Gasteiger partial charge in [-0.3, -0.25) is 9.69 Å². The van der Waals surface area contributed by atoms with Crippen molar-refractivity contribution in [2.75, 3.05) is 18.8 Å². The molecule has 0 atom stereocenters. The predicted octanol–water partition coefficient (Wildman–Crippen LogP) is 2.03. The van der Waals surface area contributed by atoms with Gasteiger partial charge in [0.25, 0.3) is 5.91 Å². The number of likely N-dealkylation sites (tertiary alicyclic amines) is 1. The molecule has 1 aliphatic rings. The van der Waals surface area contributed by atoms with E-state index in [1.807, 2.05) is 6.92 Å². The van der Waals surface area contributed by atoms with Gasteiger partial charge in [0, 0.05) is 24.7 Å². The zero-order chi connectivity index (χ0) is 14.9. The predicted molar refractivity (Wildman–Crippen MR) is 83.1 cm³/mol. The van der Waals surface area contributed by atoms with Gasteiger partial charge in [-0.05, 0) is 40.5 Å². The van der Waals surface area contributed by atoms with Crippen molar-refractivity contribution >= 4 is 22.4 Å². The zero-order valence-corrected chi connectivity index (χ0v) is 13.5. The van der Waals surface area contributed by atoms with Crippen LogP contribution in [0.4, 0.5) is 5.13 Å². The highest BCUT2D eigenvalue weighted by Gasteiger charge is 2.28. The molecule has 112 valence electrons. The van der Waals surface area contributed by atoms with Crippen LogP contribution < -0.4 is 11.1 Å². The number of carbonyl (C=O) groups is 1. The van der Waals surface area contributed by atoms with Crippen LogP contribution in [0.3, 0.4) is 0 Å². The smallest absolute Gasteiger partial charge is 0.263 e. The minimum Gasteiger partial charge on any atom is -0.375 e. The SMILES string of the molecule is Cc1nc(N)sc1C(=O)NC1CCN(C(C)(C)C)CC1. The molecule has 2 heterocycles. The fraction of sp³-hybridized carbons (Fsp3) is 0.714. The lowest BCUT2D eigenvalue weighted by atomic mass is 9.98. The summed E-state index contributed by atoms with van der Waals surface area (Å²) in [5.74, 6) is -0.0362. The van der Waals surface area contributed by atoms with Crippen molar-refractivity contribution in [3.63, 3.8) is 0 Å². The third-order valence-electron chi connectivity index (χ3n) is 3.80. The van der Waals surface area contributed by atoms with Gasteiger partial charge < -0.3 is 11.1 Å². The number of amides is 1. The highest BCUT2D eigenvalue weighted by molar-refractivity contribution is 7.17. The fourth-order valence-electron chi connectivity index (χ4n) is 2.57. The second kappa shape index (κ2) is 5.69. The number of aromatic nitrogens is 1. The maximum absolute atomic E-state index is 12.2. The van der Waals surface area contributed by atoms with Crippen LogP contribution in [0.1, 0.15) is 49.0 Å². The van der Waals surface area contributed by atoms with Gasteiger partial charge in [-0.15, -0.1) is 0 Å². The van der Waals surface area contributed by atoms with E-state index in [-0.39, 0.29) is 17.5 Å². The quantitative estimate of drug-likeness (QED) is 0.876. The van der Waals surface area contributed by atoms with E-state index in [0.717, 1.165) is 31.6 Å². The number of aryl methyl sites for hydroxylation is 1. The van der Waals surface area contributed by atoms with E-state index in [4.69, 9.17) is 5.73 Å². The second-order valence-corrected chi connectivity index (χ2v) is 7.40. The highest BCUT2D eigenvalue weighted by Crippen LogP contribution is 2.22. The second-order valence-electron chi connectivity index (χ2n) is 6.37. The fourth-order valence-corrected chi connectivity index (χ4v) is 3.31. The summed E-state index contributed by atoms with van der Waals surface area (Å²) >= 11 is 1.26. The van der Waals surface area contributed by atoms with Gasteiger partial charge in [0.2, 0.25) is 0 Å². The first-order chi connectivity index (χ1) is 9.27. The van der Waals surface area contributed by atoms with Crippen molar-refractivity contribution in [1.82, 2.24) is 15.2 Å². The Labute approximate surface area is 124 Å². The number of nitrogen functional groups attached to an aromatic ring is 1. The molecular formula is C14H24N4OS. The molecule has 0 bridgehead atoms. The monoisotopic (exact) mass is 296 g/mol. The molecule has 3 N–H and O–H groups in total. The van der Waals surface area contributed by atoms with Crippen molar-refractivity contribution in [3.8, 4) is 0 Å². The van der Waals surface area contributed by atoms with Crippen molar-refractivity contribution in [2.45, 2.75) is 52.1 Å². The number of nitrogens with one attached hydrogen (secondary N) is 1. The summed E-state index contributed by atoms with van der Waals surface area (Å²) in [4.78, 5) is 19.4. The van der Waals surface area contributed by atoms with Crippen LogP contribution in [0.25, 0.3) is 0 Å². The third kappa shape index (κ3) is 3.49. The average Bonchev–Trinajstić information content (AvgIpc) is 2.68. The molecular weight excluding hydrogens is 272 g/mol. The summed E-state index contributed by atoms with van der Waals surface area (Å²) in [6.07, 6.45) is 1.99. The van der Waals surface area contributed by atoms with Crippen molar-refractivity contribution in [2.24, 2.45) is 0 Å². The van der Waals surface area contributed by atoms with E-state index in [2.05, 4.69) is 36.0 Å².